The molecule has 2 aromatic rings. The van der Waals surface area contributed by atoms with Crippen molar-refractivity contribution in [2.45, 2.75) is 52.7 Å². The van der Waals surface area contributed by atoms with Gasteiger partial charge in [-0.05, 0) is 72.6 Å². The fraction of sp³-hybridized carbons (Fsp3) is 0.444. The highest BCUT2D eigenvalue weighted by Crippen LogP contribution is 2.34. The van der Waals surface area contributed by atoms with Gasteiger partial charge in [0, 0.05) is 30.2 Å². The standard InChI is InChI=1S/C27H32ClNO4/c1-17(2)10-19-4-5-22(26(28)11-19)16-32-23-8-9-25-18(3)21(7-6-20(25)12-23)13-29-14-24(15-29)33-27(30)31/h4-5,8-9,11-12,17,24H,6-7,10,13-16H2,1-3H3,(H,30,31). The summed E-state index contributed by atoms with van der Waals surface area (Å²) in [5, 5.41) is 9.48. The molecule has 33 heavy (non-hydrogen) atoms. The van der Waals surface area contributed by atoms with Gasteiger partial charge in [0.1, 0.15) is 18.5 Å². The predicted molar refractivity (Wildman–Crippen MR) is 131 cm³/mol. The Bertz CT molecular complexity index is 1060. The first-order chi connectivity index (χ1) is 15.8. The number of nitrogens with zero attached hydrogens (tertiary/aromatic N) is 1. The zero-order chi connectivity index (χ0) is 23.5. The van der Waals surface area contributed by atoms with Crippen LogP contribution in [-0.4, -0.2) is 41.9 Å². The van der Waals surface area contributed by atoms with Crippen LogP contribution < -0.4 is 4.74 Å². The largest absolute Gasteiger partial charge is 0.506 e. The summed E-state index contributed by atoms with van der Waals surface area (Å²) in [5.41, 5.74) is 7.57. The maximum absolute atomic E-state index is 10.6. The van der Waals surface area contributed by atoms with Crippen molar-refractivity contribution < 1.29 is 19.4 Å². The molecule has 6 heteroatoms. The quantitative estimate of drug-likeness (QED) is 0.465. The molecule has 1 heterocycles. The first kappa shape index (κ1) is 23.7. The predicted octanol–water partition coefficient (Wildman–Crippen LogP) is 6.22. The Morgan fingerprint density at radius 2 is 1.97 bits per heavy atom. The average Bonchev–Trinajstić information content (AvgIpc) is 2.72. The van der Waals surface area contributed by atoms with E-state index in [4.69, 9.17) is 26.2 Å². The molecule has 0 radical (unpaired) electrons. The number of halogens is 1. The first-order valence-electron chi connectivity index (χ1n) is 11.6. The molecule has 1 fully saturated rings. The van der Waals surface area contributed by atoms with Crippen LogP contribution in [0.5, 0.6) is 5.75 Å². The summed E-state index contributed by atoms with van der Waals surface area (Å²) in [4.78, 5) is 12.9. The lowest BCUT2D eigenvalue weighted by atomic mass is 9.85. The van der Waals surface area contributed by atoms with Crippen LogP contribution in [0.2, 0.25) is 5.02 Å². The van der Waals surface area contributed by atoms with Gasteiger partial charge in [-0.25, -0.2) is 4.79 Å². The van der Waals surface area contributed by atoms with Crippen LogP contribution in [0, 0.1) is 5.92 Å². The van der Waals surface area contributed by atoms with Crippen molar-refractivity contribution in [3.05, 3.63) is 69.2 Å². The first-order valence-corrected chi connectivity index (χ1v) is 12.0. The molecule has 1 N–H and O–H groups in total. The lowest BCUT2D eigenvalue weighted by molar-refractivity contribution is -0.0292. The highest BCUT2D eigenvalue weighted by atomic mass is 35.5. The molecule has 0 amide bonds. The van der Waals surface area contributed by atoms with Gasteiger partial charge in [0.2, 0.25) is 0 Å². The van der Waals surface area contributed by atoms with E-state index in [9.17, 15) is 4.79 Å². The molecule has 1 saturated heterocycles. The van der Waals surface area contributed by atoms with E-state index in [1.54, 1.807) is 0 Å². The molecule has 0 spiro atoms. The molecule has 1 aliphatic heterocycles. The molecule has 0 unspecified atom stereocenters. The second kappa shape index (κ2) is 10.2. The number of hydrogen-bond acceptors (Lipinski definition) is 4. The molecule has 0 aromatic heterocycles. The molecular weight excluding hydrogens is 438 g/mol. The third-order valence-electron chi connectivity index (χ3n) is 6.47. The van der Waals surface area contributed by atoms with Gasteiger partial charge >= 0.3 is 6.16 Å². The van der Waals surface area contributed by atoms with Crippen molar-refractivity contribution >= 4 is 23.3 Å². The molecule has 0 bridgehead atoms. The van der Waals surface area contributed by atoms with Gasteiger partial charge in [0.15, 0.2) is 0 Å². The summed E-state index contributed by atoms with van der Waals surface area (Å²) in [6, 6.07) is 12.6. The van der Waals surface area contributed by atoms with Gasteiger partial charge in [-0.3, -0.25) is 4.90 Å². The number of rotatable bonds is 8. The van der Waals surface area contributed by atoms with Gasteiger partial charge in [-0.15, -0.1) is 0 Å². The summed E-state index contributed by atoms with van der Waals surface area (Å²) in [5.74, 6) is 1.47. The average molecular weight is 470 g/mol. The maximum atomic E-state index is 10.6. The molecule has 0 saturated carbocycles. The van der Waals surface area contributed by atoms with Gasteiger partial charge in [0.05, 0.1) is 0 Å². The third kappa shape index (κ3) is 5.90. The molecule has 2 aromatic carbocycles. The zero-order valence-electron chi connectivity index (χ0n) is 19.6. The minimum Gasteiger partial charge on any atom is -0.489 e. The number of ether oxygens (including phenoxy) is 2. The van der Waals surface area contributed by atoms with E-state index in [1.165, 1.54) is 27.8 Å². The van der Waals surface area contributed by atoms with Crippen LogP contribution in [0.25, 0.3) is 5.57 Å². The van der Waals surface area contributed by atoms with E-state index in [-0.39, 0.29) is 6.10 Å². The van der Waals surface area contributed by atoms with E-state index in [2.05, 4.69) is 56.0 Å². The number of likely N-dealkylation sites (tertiary alicyclic amines) is 1. The number of carbonyl (C=O) groups is 1. The second-order valence-electron chi connectivity index (χ2n) is 9.56. The summed E-state index contributed by atoms with van der Waals surface area (Å²) in [6.45, 7) is 9.25. The topological polar surface area (TPSA) is 59.0 Å². The van der Waals surface area contributed by atoms with E-state index < -0.39 is 6.16 Å². The minimum absolute atomic E-state index is 0.195. The zero-order valence-corrected chi connectivity index (χ0v) is 20.3. The number of allylic oxidation sites excluding steroid dienone is 1. The van der Waals surface area contributed by atoms with Gasteiger partial charge in [0.25, 0.3) is 0 Å². The number of aryl methyl sites for hydroxylation is 1. The monoisotopic (exact) mass is 469 g/mol. The van der Waals surface area contributed by atoms with Crippen LogP contribution in [0.15, 0.2) is 42.0 Å². The summed E-state index contributed by atoms with van der Waals surface area (Å²) in [6.07, 6.45) is 1.62. The van der Waals surface area contributed by atoms with Crippen molar-refractivity contribution in [2.75, 3.05) is 19.6 Å². The van der Waals surface area contributed by atoms with Crippen LogP contribution in [-0.2, 0) is 24.2 Å². The molecule has 0 atom stereocenters. The van der Waals surface area contributed by atoms with Gasteiger partial charge < -0.3 is 14.6 Å². The maximum Gasteiger partial charge on any atom is 0.506 e. The Kier molecular flexibility index (Phi) is 7.30. The van der Waals surface area contributed by atoms with Crippen molar-refractivity contribution in [2.24, 2.45) is 5.92 Å². The second-order valence-corrected chi connectivity index (χ2v) is 9.97. The molecule has 176 valence electrons. The van der Waals surface area contributed by atoms with Crippen LogP contribution >= 0.6 is 11.6 Å². The lowest BCUT2D eigenvalue weighted by Crippen LogP contribution is -2.53. The fourth-order valence-corrected chi connectivity index (χ4v) is 4.96. The van der Waals surface area contributed by atoms with E-state index >= 15 is 0 Å². The number of fused-ring (bicyclic) bond motifs is 1. The van der Waals surface area contributed by atoms with Gasteiger partial charge in [-0.1, -0.05) is 49.2 Å². The lowest BCUT2D eigenvalue weighted by Gasteiger charge is -2.39. The molecule has 1 aliphatic carbocycles. The summed E-state index contributed by atoms with van der Waals surface area (Å²) in [7, 11) is 0. The Balaban J connectivity index is 1.36. The van der Waals surface area contributed by atoms with Gasteiger partial charge in [-0.2, -0.15) is 0 Å². The third-order valence-corrected chi connectivity index (χ3v) is 6.82. The summed E-state index contributed by atoms with van der Waals surface area (Å²) >= 11 is 6.49. The Labute approximate surface area is 201 Å². The molecule has 4 rings (SSSR count). The normalized spacial score (nSPS) is 16.5. The highest BCUT2D eigenvalue weighted by molar-refractivity contribution is 6.31. The number of benzene rings is 2. The van der Waals surface area contributed by atoms with Crippen molar-refractivity contribution in [1.82, 2.24) is 4.90 Å². The number of hydrogen-bond donors (Lipinski definition) is 1. The smallest absolute Gasteiger partial charge is 0.489 e. The van der Waals surface area contributed by atoms with Crippen molar-refractivity contribution in [1.29, 1.82) is 0 Å². The van der Waals surface area contributed by atoms with E-state index in [0.717, 1.165) is 42.1 Å². The van der Waals surface area contributed by atoms with Crippen LogP contribution in [0.3, 0.4) is 0 Å². The molecular formula is C27H32ClNO4. The summed E-state index contributed by atoms with van der Waals surface area (Å²) < 4.78 is 10.9. The van der Waals surface area contributed by atoms with Crippen LogP contribution in [0.1, 0.15) is 49.4 Å². The Morgan fingerprint density at radius 1 is 1.18 bits per heavy atom. The minimum atomic E-state index is -1.19. The van der Waals surface area contributed by atoms with E-state index in [0.29, 0.717) is 25.6 Å². The fourth-order valence-electron chi connectivity index (χ4n) is 4.70. The SMILES string of the molecule is CC1=C(CN2CC(OC(=O)O)C2)CCc2cc(OCc3ccc(CC(C)C)cc3Cl)ccc21. The van der Waals surface area contributed by atoms with Crippen molar-refractivity contribution in [3.63, 3.8) is 0 Å². The Hall–Kier alpha value is -2.50. The molecule has 5 nitrogen and oxygen atoms in total. The number of carboxylic acid groups (broad SMARTS) is 1. The van der Waals surface area contributed by atoms with Crippen molar-refractivity contribution in [3.8, 4) is 5.75 Å². The highest BCUT2D eigenvalue weighted by Gasteiger charge is 2.31. The molecule has 2 aliphatic rings. The Morgan fingerprint density at radius 3 is 2.67 bits per heavy atom. The van der Waals surface area contributed by atoms with Crippen LogP contribution in [0.4, 0.5) is 4.79 Å². The van der Waals surface area contributed by atoms with E-state index in [1.807, 2.05) is 6.07 Å².